The van der Waals surface area contributed by atoms with Crippen LogP contribution in [0.3, 0.4) is 0 Å². The second-order valence-electron chi connectivity index (χ2n) is 4.89. The van der Waals surface area contributed by atoms with Gasteiger partial charge < -0.3 is 18.7 Å². The molecule has 6 nitrogen and oxygen atoms in total. The zero-order valence-electron chi connectivity index (χ0n) is 12.2. The van der Waals surface area contributed by atoms with Crippen molar-refractivity contribution in [3.63, 3.8) is 0 Å². The molecule has 0 saturated heterocycles. The highest BCUT2D eigenvalue weighted by Crippen LogP contribution is 2.31. The van der Waals surface area contributed by atoms with Crippen LogP contribution in [0, 0.1) is 0 Å². The van der Waals surface area contributed by atoms with E-state index >= 15 is 0 Å². The molecule has 1 aromatic carbocycles. The molecule has 1 unspecified atom stereocenters. The number of carbonyl (C=O) groups is 1. The summed E-state index contributed by atoms with van der Waals surface area (Å²) in [4.78, 5) is 16.7. The van der Waals surface area contributed by atoms with Gasteiger partial charge in [-0.1, -0.05) is 5.16 Å². The van der Waals surface area contributed by atoms with Crippen molar-refractivity contribution < 1.29 is 23.5 Å². The van der Waals surface area contributed by atoms with E-state index in [4.69, 9.17) is 18.7 Å². The first-order valence-corrected chi connectivity index (χ1v) is 6.84. The number of ether oxygens (including phenoxy) is 2. The van der Waals surface area contributed by atoms with Gasteiger partial charge in [0.1, 0.15) is 17.6 Å². The van der Waals surface area contributed by atoms with Crippen LogP contribution in [-0.4, -0.2) is 24.9 Å². The fraction of sp³-hybridized carbons (Fsp3) is 0.250. The van der Waals surface area contributed by atoms with Crippen LogP contribution in [0.25, 0.3) is 0 Å². The maximum atomic E-state index is 11.8. The van der Waals surface area contributed by atoms with E-state index in [9.17, 15) is 4.79 Å². The Kier molecular flexibility index (Phi) is 3.82. The van der Waals surface area contributed by atoms with Gasteiger partial charge in [0.2, 0.25) is 5.76 Å². The molecule has 0 saturated carbocycles. The van der Waals surface area contributed by atoms with E-state index in [-0.39, 0.29) is 11.9 Å². The Morgan fingerprint density at radius 1 is 1.36 bits per heavy atom. The molecule has 0 amide bonds. The van der Waals surface area contributed by atoms with E-state index in [0.29, 0.717) is 23.6 Å². The first-order valence-electron chi connectivity index (χ1n) is 6.84. The maximum absolute atomic E-state index is 11.8. The van der Waals surface area contributed by atoms with Crippen molar-refractivity contribution in [2.24, 2.45) is 5.16 Å². The van der Waals surface area contributed by atoms with E-state index in [1.807, 2.05) is 19.1 Å². The molecule has 0 aliphatic carbocycles. The quantitative estimate of drug-likeness (QED) is 0.643. The summed E-state index contributed by atoms with van der Waals surface area (Å²) in [6, 6.07) is 8.56. The molecule has 1 atom stereocenters. The fourth-order valence-electron chi connectivity index (χ4n) is 2.23. The van der Waals surface area contributed by atoms with Crippen molar-refractivity contribution in [1.29, 1.82) is 0 Å². The van der Waals surface area contributed by atoms with Crippen LogP contribution in [0.2, 0.25) is 0 Å². The average Bonchev–Trinajstić information content (AvgIpc) is 3.05. The molecule has 3 rings (SSSR count). The van der Waals surface area contributed by atoms with Crippen LogP contribution in [0.1, 0.15) is 29.5 Å². The van der Waals surface area contributed by atoms with Crippen LogP contribution in [-0.2, 0) is 4.84 Å². The molecule has 2 aromatic rings. The first-order chi connectivity index (χ1) is 10.7. The Labute approximate surface area is 127 Å². The molecule has 1 aliphatic rings. The first kappa shape index (κ1) is 14.2. The number of methoxy groups -OCH3 is 1. The van der Waals surface area contributed by atoms with Gasteiger partial charge in [-0.2, -0.15) is 0 Å². The van der Waals surface area contributed by atoms with Gasteiger partial charge in [-0.05, 0) is 31.2 Å². The summed E-state index contributed by atoms with van der Waals surface area (Å²) in [5, 5.41) is 3.97. The Bertz CT molecular complexity index is 705. The zero-order chi connectivity index (χ0) is 15.5. The molecular formula is C16H15NO5. The second-order valence-corrected chi connectivity index (χ2v) is 4.89. The number of rotatable bonds is 3. The van der Waals surface area contributed by atoms with Crippen molar-refractivity contribution in [3.05, 3.63) is 47.9 Å². The molecule has 0 N–H and O–H groups in total. The molecule has 1 aliphatic heterocycles. The number of nitrogens with zero attached hydrogens (tertiary/aromatic N) is 1. The standard InChI is InChI=1S/C16H15NO5/c1-10-8-13(17-22-16(18)14-4-3-7-20-14)12-6-5-11(19-2)9-15(12)21-10/h3-7,9-10H,8H2,1-2H3. The summed E-state index contributed by atoms with van der Waals surface area (Å²) in [6.07, 6.45) is 1.88. The van der Waals surface area contributed by atoms with Gasteiger partial charge in [-0.3, -0.25) is 0 Å². The van der Waals surface area contributed by atoms with E-state index < -0.39 is 5.97 Å². The molecule has 0 fully saturated rings. The highest BCUT2D eigenvalue weighted by Gasteiger charge is 2.24. The molecule has 22 heavy (non-hydrogen) atoms. The summed E-state index contributed by atoms with van der Waals surface area (Å²) in [5.74, 6) is 0.830. The lowest BCUT2D eigenvalue weighted by Gasteiger charge is -2.24. The molecule has 114 valence electrons. The third-order valence-corrected chi connectivity index (χ3v) is 3.27. The third kappa shape index (κ3) is 2.81. The molecule has 0 bridgehead atoms. The van der Waals surface area contributed by atoms with Crippen molar-refractivity contribution in [2.45, 2.75) is 19.4 Å². The average molecular weight is 301 g/mol. The van der Waals surface area contributed by atoms with Crippen molar-refractivity contribution >= 4 is 11.7 Å². The summed E-state index contributed by atoms with van der Waals surface area (Å²) >= 11 is 0. The number of carbonyl (C=O) groups excluding carboxylic acids is 1. The van der Waals surface area contributed by atoms with Crippen molar-refractivity contribution in [1.82, 2.24) is 0 Å². The Morgan fingerprint density at radius 2 is 2.23 bits per heavy atom. The lowest BCUT2D eigenvalue weighted by molar-refractivity contribution is 0.0476. The molecule has 0 spiro atoms. The number of furan rings is 1. The van der Waals surface area contributed by atoms with Crippen molar-refractivity contribution in [2.75, 3.05) is 7.11 Å². The van der Waals surface area contributed by atoms with Crippen LogP contribution < -0.4 is 9.47 Å². The van der Waals surface area contributed by atoms with Gasteiger partial charge >= 0.3 is 5.97 Å². The molecule has 6 heteroatoms. The Morgan fingerprint density at radius 3 is 2.95 bits per heavy atom. The SMILES string of the molecule is COc1ccc2c(c1)OC(C)CC2=NOC(=O)c1ccco1. The normalized spacial score (nSPS) is 18.5. The zero-order valence-corrected chi connectivity index (χ0v) is 12.2. The second kappa shape index (κ2) is 5.93. The molecule has 1 aromatic heterocycles. The number of fused-ring (bicyclic) bond motifs is 1. The summed E-state index contributed by atoms with van der Waals surface area (Å²) < 4.78 is 15.9. The molecule has 2 heterocycles. The highest BCUT2D eigenvalue weighted by atomic mass is 16.7. The maximum Gasteiger partial charge on any atom is 0.400 e. The summed E-state index contributed by atoms with van der Waals surface area (Å²) in [7, 11) is 1.59. The van der Waals surface area contributed by atoms with Crippen LogP contribution in [0.15, 0.2) is 46.2 Å². The topological polar surface area (TPSA) is 70.3 Å². The van der Waals surface area contributed by atoms with Crippen LogP contribution in [0.5, 0.6) is 11.5 Å². The number of hydrogen-bond acceptors (Lipinski definition) is 6. The van der Waals surface area contributed by atoms with Gasteiger partial charge in [0.15, 0.2) is 0 Å². The number of hydrogen-bond donors (Lipinski definition) is 0. The Balaban J connectivity index is 1.85. The van der Waals surface area contributed by atoms with Gasteiger partial charge in [-0.15, -0.1) is 0 Å². The van der Waals surface area contributed by atoms with Gasteiger partial charge in [0, 0.05) is 18.1 Å². The van der Waals surface area contributed by atoms with Crippen molar-refractivity contribution in [3.8, 4) is 11.5 Å². The minimum Gasteiger partial charge on any atom is -0.497 e. The molecule has 0 radical (unpaired) electrons. The minimum absolute atomic E-state index is 0.0688. The third-order valence-electron chi connectivity index (χ3n) is 3.27. The highest BCUT2D eigenvalue weighted by molar-refractivity contribution is 6.04. The number of benzene rings is 1. The van der Waals surface area contributed by atoms with Crippen LogP contribution in [0.4, 0.5) is 0 Å². The lowest BCUT2D eigenvalue weighted by Crippen LogP contribution is -2.25. The van der Waals surface area contributed by atoms with E-state index in [0.717, 1.165) is 5.56 Å². The van der Waals surface area contributed by atoms with Gasteiger partial charge in [0.25, 0.3) is 0 Å². The van der Waals surface area contributed by atoms with Crippen LogP contribution >= 0.6 is 0 Å². The monoisotopic (exact) mass is 301 g/mol. The van der Waals surface area contributed by atoms with E-state index in [1.54, 1.807) is 19.2 Å². The predicted octanol–water partition coefficient (Wildman–Crippen LogP) is 3.02. The predicted molar refractivity (Wildman–Crippen MR) is 78.4 cm³/mol. The fourth-order valence-corrected chi connectivity index (χ4v) is 2.23. The smallest absolute Gasteiger partial charge is 0.400 e. The minimum atomic E-state index is -0.633. The van der Waals surface area contributed by atoms with E-state index in [1.165, 1.54) is 12.3 Å². The lowest BCUT2D eigenvalue weighted by atomic mass is 10.0. The summed E-state index contributed by atoms with van der Waals surface area (Å²) in [5.41, 5.74) is 1.43. The number of oxime groups is 1. The van der Waals surface area contributed by atoms with E-state index in [2.05, 4.69) is 5.16 Å². The molecular weight excluding hydrogens is 286 g/mol. The Hall–Kier alpha value is -2.76. The largest absolute Gasteiger partial charge is 0.497 e. The van der Waals surface area contributed by atoms with Gasteiger partial charge in [-0.25, -0.2) is 4.79 Å². The van der Waals surface area contributed by atoms with Gasteiger partial charge in [0.05, 0.1) is 19.1 Å². The summed E-state index contributed by atoms with van der Waals surface area (Å²) in [6.45, 7) is 1.92.